The quantitative estimate of drug-likeness (QED) is 0.646. The van der Waals surface area contributed by atoms with E-state index in [9.17, 15) is 5.11 Å². The third-order valence-electron chi connectivity index (χ3n) is 2.76. The maximum atomic E-state index is 9.82. The molecule has 0 saturated heterocycles. The Morgan fingerprint density at radius 1 is 1.20 bits per heavy atom. The lowest BCUT2D eigenvalue weighted by Gasteiger charge is -2.08. The van der Waals surface area contributed by atoms with E-state index in [1.807, 2.05) is 16.8 Å². The molecule has 0 fully saturated rings. The summed E-state index contributed by atoms with van der Waals surface area (Å²) in [5, 5.41) is 13.9. The maximum absolute atomic E-state index is 9.82. The molecule has 1 rings (SSSR count). The smallest absolute Gasteiger partial charge is 0.0798 e. The molecule has 0 aromatic carbocycles. The van der Waals surface area contributed by atoms with E-state index < -0.39 is 0 Å². The van der Waals surface area contributed by atoms with Crippen LogP contribution in [0.3, 0.4) is 0 Å². The number of aliphatic hydroxyl groups is 1. The van der Waals surface area contributed by atoms with Crippen molar-refractivity contribution in [2.45, 2.75) is 58.0 Å². The second-order valence-electron chi connectivity index (χ2n) is 4.13. The first-order valence-electron chi connectivity index (χ1n) is 6.04. The molecule has 0 amide bonds. The fourth-order valence-electron chi connectivity index (χ4n) is 1.75. The van der Waals surface area contributed by atoms with Crippen LogP contribution in [0.15, 0.2) is 16.8 Å². The Labute approximate surface area is 97.2 Å². The zero-order chi connectivity index (χ0) is 10.9. The Hall–Kier alpha value is -0.340. The summed E-state index contributed by atoms with van der Waals surface area (Å²) in [6.07, 6.45) is 8.44. The van der Waals surface area contributed by atoms with Gasteiger partial charge >= 0.3 is 0 Å². The number of thiophene rings is 1. The molecule has 2 heteroatoms. The van der Waals surface area contributed by atoms with Crippen molar-refractivity contribution in [2.24, 2.45) is 0 Å². The molecular weight excluding hydrogens is 204 g/mol. The van der Waals surface area contributed by atoms with Crippen LogP contribution in [0.4, 0.5) is 0 Å². The lowest BCUT2D eigenvalue weighted by atomic mass is 10.0. The summed E-state index contributed by atoms with van der Waals surface area (Å²) in [5.41, 5.74) is 1.09. The number of aliphatic hydroxyl groups excluding tert-OH is 1. The minimum Gasteiger partial charge on any atom is -0.388 e. The number of hydrogen-bond donors (Lipinski definition) is 1. The van der Waals surface area contributed by atoms with Gasteiger partial charge in [0.2, 0.25) is 0 Å². The number of rotatable bonds is 8. The molecule has 1 nitrogen and oxygen atoms in total. The fourth-order valence-corrected chi connectivity index (χ4v) is 2.46. The molecule has 1 atom stereocenters. The Balaban J connectivity index is 2.00. The highest BCUT2D eigenvalue weighted by Gasteiger charge is 2.06. The summed E-state index contributed by atoms with van der Waals surface area (Å²) in [6, 6.07) is 2.02. The Morgan fingerprint density at radius 3 is 2.60 bits per heavy atom. The van der Waals surface area contributed by atoms with Crippen LogP contribution < -0.4 is 0 Å². The summed E-state index contributed by atoms with van der Waals surface area (Å²) < 4.78 is 0. The van der Waals surface area contributed by atoms with Crippen molar-refractivity contribution >= 4 is 11.3 Å². The van der Waals surface area contributed by atoms with Gasteiger partial charge in [-0.1, -0.05) is 45.4 Å². The van der Waals surface area contributed by atoms with Gasteiger partial charge in [0.15, 0.2) is 0 Å². The van der Waals surface area contributed by atoms with Gasteiger partial charge in [0, 0.05) is 0 Å². The van der Waals surface area contributed by atoms with E-state index in [1.54, 1.807) is 11.3 Å². The molecule has 0 saturated carbocycles. The summed E-state index contributed by atoms with van der Waals surface area (Å²) in [7, 11) is 0. The molecular formula is C13H22OS. The second kappa shape index (κ2) is 7.89. The number of unbranched alkanes of at least 4 members (excludes halogenated alkanes) is 5. The van der Waals surface area contributed by atoms with Gasteiger partial charge in [0.05, 0.1) is 6.10 Å². The zero-order valence-corrected chi connectivity index (χ0v) is 10.4. The first kappa shape index (κ1) is 12.7. The monoisotopic (exact) mass is 226 g/mol. The van der Waals surface area contributed by atoms with Crippen LogP contribution >= 0.6 is 11.3 Å². The molecule has 0 aliphatic rings. The fraction of sp³-hybridized carbons (Fsp3) is 0.692. The van der Waals surface area contributed by atoms with Crippen molar-refractivity contribution in [1.29, 1.82) is 0 Å². The normalized spacial score (nSPS) is 12.9. The highest BCUT2D eigenvalue weighted by Crippen LogP contribution is 2.22. The van der Waals surface area contributed by atoms with Crippen molar-refractivity contribution in [2.75, 3.05) is 0 Å². The van der Waals surface area contributed by atoms with E-state index >= 15 is 0 Å². The highest BCUT2D eigenvalue weighted by atomic mass is 32.1. The minimum atomic E-state index is -0.234. The third kappa shape index (κ3) is 5.33. The van der Waals surface area contributed by atoms with Crippen molar-refractivity contribution < 1.29 is 5.11 Å². The molecule has 0 aliphatic heterocycles. The van der Waals surface area contributed by atoms with Gasteiger partial charge in [-0.15, -0.1) is 0 Å². The van der Waals surface area contributed by atoms with Gasteiger partial charge in [-0.05, 0) is 28.8 Å². The summed E-state index contributed by atoms with van der Waals surface area (Å²) in [5.74, 6) is 0. The predicted octanol–water partition coefficient (Wildman–Crippen LogP) is 4.53. The molecule has 1 aromatic rings. The van der Waals surface area contributed by atoms with Gasteiger partial charge in [-0.3, -0.25) is 0 Å². The van der Waals surface area contributed by atoms with Crippen LogP contribution in [-0.4, -0.2) is 5.11 Å². The van der Waals surface area contributed by atoms with E-state index in [1.165, 1.54) is 32.1 Å². The predicted molar refractivity (Wildman–Crippen MR) is 67.3 cm³/mol. The van der Waals surface area contributed by atoms with Crippen LogP contribution in [0, 0.1) is 0 Å². The van der Waals surface area contributed by atoms with Crippen LogP contribution in [0.25, 0.3) is 0 Å². The van der Waals surface area contributed by atoms with Gasteiger partial charge in [0.1, 0.15) is 0 Å². The van der Waals surface area contributed by atoms with Crippen molar-refractivity contribution in [3.8, 4) is 0 Å². The topological polar surface area (TPSA) is 20.2 Å². The highest BCUT2D eigenvalue weighted by molar-refractivity contribution is 7.07. The van der Waals surface area contributed by atoms with E-state index in [4.69, 9.17) is 0 Å². The van der Waals surface area contributed by atoms with Crippen molar-refractivity contribution in [1.82, 2.24) is 0 Å². The molecule has 1 aromatic heterocycles. The largest absolute Gasteiger partial charge is 0.388 e. The molecule has 0 bridgehead atoms. The molecule has 86 valence electrons. The second-order valence-corrected chi connectivity index (χ2v) is 4.91. The lowest BCUT2D eigenvalue weighted by Crippen LogP contribution is -1.95. The van der Waals surface area contributed by atoms with Crippen LogP contribution in [-0.2, 0) is 0 Å². The SMILES string of the molecule is CCCCCCCCC(O)c1ccsc1. The Bertz CT molecular complexity index is 231. The average molecular weight is 226 g/mol. The maximum Gasteiger partial charge on any atom is 0.0798 e. The first-order chi connectivity index (χ1) is 7.34. The first-order valence-corrected chi connectivity index (χ1v) is 6.99. The van der Waals surface area contributed by atoms with E-state index in [-0.39, 0.29) is 6.10 Å². The Kier molecular flexibility index (Phi) is 6.69. The van der Waals surface area contributed by atoms with Gasteiger partial charge in [0.25, 0.3) is 0 Å². The van der Waals surface area contributed by atoms with Crippen LogP contribution in [0.2, 0.25) is 0 Å². The minimum absolute atomic E-state index is 0.234. The molecule has 1 heterocycles. The summed E-state index contributed by atoms with van der Waals surface area (Å²) in [4.78, 5) is 0. The van der Waals surface area contributed by atoms with Crippen molar-refractivity contribution in [3.05, 3.63) is 22.4 Å². The van der Waals surface area contributed by atoms with Crippen LogP contribution in [0.5, 0.6) is 0 Å². The molecule has 0 aliphatic carbocycles. The van der Waals surface area contributed by atoms with E-state index in [0.717, 1.165) is 18.4 Å². The van der Waals surface area contributed by atoms with E-state index in [2.05, 4.69) is 6.92 Å². The van der Waals surface area contributed by atoms with Gasteiger partial charge in [-0.25, -0.2) is 0 Å². The third-order valence-corrected chi connectivity index (χ3v) is 3.46. The molecule has 1 N–H and O–H groups in total. The molecule has 0 spiro atoms. The number of hydrogen-bond acceptors (Lipinski definition) is 2. The zero-order valence-electron chi connectivity index (χ0n) is 9.61. The van der Waals surface area contributed by atoms with Crippen LogP contribution in [0.1, 0.15) is 63.5 Å². The van der Waals surface area contributed by atoms with Gasteiger partial charge in [-0.2, -0.15) is 11.3 Å². The van der Waals surface area contributed by atoms with Gasteiger partial charge < -0.3 is 5.11 Å². The Morgan fingerprint density at radius 2 is 1.93 bits per heavy atom. The van der Waals surface area contributed by atoms with Crippen molar-refractivity contribution in [3.63, 3.8) is 0 Å². The van der Waals surface area contributed by atoms with E-state index in [0.29, 0.717) is 0 Å². The molecule has 1 unspecified atom stereocenters. The average Bonchev–Trinajstić information content (AvgIpc) is 2.76. The molecule has 0 radical (unpaired) electrons. The standard InChI is InChI=1S/C13H22OS/c1-2-3-4-5-6-7-8-13(14)12-9-10-15-11-12/h9-11,13-14H,2-8H2,1H3. The summed E-state index contributed by atoms with van der Waals surface area (Å²) in [6.45, 7) is 2.24. The summed E-state index contributed by atoms with van der Waals surface area (Å²) >= 11 is 1.66. The molecule has 15 heavy (non-hydrogen) atoms. The lowest BCUT2D eigenvalue weighted by molar-refractivity contribution is 0.164.